The molecule has 0 radical (unpaired) electrons. The zero-order chi connectivity index (χ0) is 20.9. The number of aryl methyl sites for hydroxylation is 1. The fraction of sp³-hybridized carbons (Fsp3) is 0.348. The van der Waals surface area contributed by atoms with E-state index in [9.17, 15) is 4.79 Å². The minimum absolute atomic E-state index is 0.0282. The molecule has 1 saturated heterocycles. The van der Waals surface area contributed by atoms with E-state index in [-0.39, 0.29) is 11.8 Å². The highest BCUT2D eigenvalue weighted by Gasteiger charge is 2.26. The third kappa shape index (κ3) is 5.26. The Morgan fingerprint density at radius 1 is 1.27 bits per heavy atom. The molecule has 1 amide bonds. The van der Waals surface area contributed by atoms with Gasteiger partial charge in [0, 0.05) is 23.7 Å². The van der Waals surface area contributed by atoms with E-state index in [1.165, 1.54) is 5.56 Å². The number of hydrogen-bond acceptors (Lipinski definition) is 5. The summed E-state index contributed by atoms with van der Waals surface area (Å²) in [5.41, 5.74) is 3.15. The summed E-state index contributed by atoms with van der Waals surface area (Å²) in [5.74, 6) is 1.15. The summed E-state index contributed by atoms with van der Waals surface area (Å²) in [6, 6.07) is 15.6. The molecule has 1 aromatic heterocycles. The number of hydrogen-bond donors (Lipinski definition) is 1. The molecule has 1 atom stereocenters. The molecule has 2 heterocycles. The fourth-order valence-electron chi connectivity index (χ4n) is 3.71. The Balaban J connectivity index is 1.31. The van der Waals surface area contributed by atoms with Crippen molar-refractivity contribution in [2.75, 3.05) is 13.1 Å². The average Bonchev–Trinajstić information content (AvgIpc) is 3.22. The van der Waals surface area contributed by atoms with Gasteiger partial charge in [-0.05, 0) is 44.0 Å². The standard InChI is InChI=1S/C23H25ClN4O2/c1-16-7-9-17(10-8-16)13-25-23(29)19-5-3-11-28(14-19)15-21-26-22(27-30-21)18-4-2-6-20(24)12-18/h2,4,6-10,12,19H,3,5,11,13-15H2,1H3,(H,25,29). The molecular weight excluding hydrogens is 400 g/mol. The van der Waals surface area contributed by atoms with Gasteiger partial charge in [-0.1, -0.05) is 58.7 Å². The number of carbonyl (C=O) groups is 1. The van der Waals surface area contributed by atoms with Gasteiger partial charge in [0.2, 0.25) is 17.6 Å². The Morgan fingerprint density at radius 2 is 2.10 bits per heavy atom. The molecule has 0 saturated carbocycles. The highest BCUT2D eigenvalue weighted by atomic mass is 35.5. The highest BCUT2D eigenvalue weighted by molar-refractivity contribution is 6.30. The lowest BCUT2D eigenvalue weighted by Gasteiger charge is -2.30. The Hall–Kier alpha value is -2.70. The third-order valence-corrected chi connectivity index (χ3v) is 5.61. The van der Waals surface area contributed by atoms with Crippen molar-refractivity contribution in [3.05, 3.63) is 70.6 Å². The first-order chi connectivity index (χ1) is 14.6. The lowest BCUT2D eigenvalue weighted by molar-refractivity contribution is -0.127. The maximum absolute atomic E-state index is 12.7. The number of benzene rings is 2. The first-order valence-electron chi connectivity index (χ1n) is 10.2. The Morgan fingerprint density at radius 3 is 2.90 bits per heavy atom. The molecule has 1 aliphatic rings. The van der Waals surface area contributed by atoms with Crippen LogP contribution in [0.25, 0.3) is 11.4 Å². The van der Waals surface area contributed by atoms with Crippen molar-refractivity contribution in [1.29, 1.82) is 0 Å². The second-order valence-electron chi connectivity index (χ2n) is 7.80. The van der Waals surface area contributed by atoms with Crippen LogP contribution in [0.1, 0.15) is 29.9 Å². The van der Waals surface area contributed by atoms with Gasteiger partial charge < -0.3 is 9.84 Å². The number of amides is 1. The predicted octanol–water partition coefficient (Wildman–Crippen LogP) is 4.23. The van der Waals surface area contributed by atoms with E-state index in [0.29, 0.717) is 36.4 Å². The van der Waals surface area contributed by atoms with Crippen molar-refractivity contribution < 1.29 is 9.32 Å². The van der Waals surface area contributed by atoms with Crippen LogP contribution in [0.15, 0.2) is 53.1 Å². The number of nitrogens with zero attached hydrogens (tertiary/aromatic N) is 3. The largest absolute Gasteiger partial charge is 0.352 e. The lowest BCUT2D eigenvalue weighted by atomic mass is 9.97. The number of aromatic nitrogens is 2. The zero-order valence-corrected chi connectivity index (χ0v) is 17.7. The number of likely N-dealkylation sites (tertiary alicyclic amines) is 1. The summed E-state index contributed by atoms with van der Waals surface area (Å²) >= 11 is 6.04. The molecule has 6 nitrogen and oxygen atoms in total. The summed E-state index contributed by atoms with van der Waals surface area (Å²) in [7, 11) is 0. The molecule has 2 aromatic carbocycles. The SMILES string of the molecule is Cc1ccc(CNC(=O)C2CCCN(Cc3nc(-c4cccc(Cl)c4)no3)C2)cc1. The van der Waals surface area contributed by atoms with E-state index in [1.54, 1.807) is 0 Å². The number of rotatable bonds is 6. The molecule has 1 N–H and O–H groups in total. The van der Waals surface area contributed by atoms with Crippen LogP contribution in [0.3, 0.4) is 0 Å². The molecule has 30 heavy (non-hydrogen) atoms. The minimum atomic E-state index is -0.0282. The van der Waals surface area contributed by atoms with E-state index >= 15 is 0 Å². The summed E-state index contributed by atoms with van der Waals surface area (Å²) in [6.07, 6.45) is 1.87. The van der Waals surface area contributed by atoms with Gasteiger partial charge in [0.15, 0.2) is 0 Å². The van der Waals surface area contributed by atoms with Gasteiger partial charge in [0.25, 0.3) is 0 Å². The molecule has 1 unspecified atom stereocenters. The summed E-state index contributed by atoms with van der Waals surface area (Å²) in [6.45, 7) is 4.75. The maximum atomic E-state index is 12.7. The van der Waals surface area contributed by atoms with E-state index < -0.39 is 0 Å². The van der Waals surface area contributed by atoms with E-state index in [1.807, 2.05) is 24.3 Å². The molecule has 1 fully saturated rings. The smallest absolute Gasteiger partial charge is 0.241 e. The molecular formula is C23H25ClN4O2. The van der Waals surface area contributed by atoms with Gasteiger partial charge in [-0.25, -0.2) is 0 Å². The van der Waals surface area contributed by atoms with E-state index in [0.717, 1.165) is 30.5 Å². The van der Waals surface area contributed by atoms with Crippen LogP contribution < -0.4 is 5.32 Å². The second-order valence-corrected chi connectivity index (χ2v) is 8.24. The van der Waals surface area contributed by atoms with Crippen molar-refractivity contribution in [2.45, 2.75) is 32.9 Å². The first-order valence-corrected chi connectivity index (χ1v) is 10.6. The van der Waals surface area contributed by atoms with Crippen LogP contribution in [0, 0.1) is 12.8 Å². The lowest BCUT2D eigenvalue weighted by Crippen LogP contribution is -2.42. The number of halogens is 1. The van der Waals surface area contributed by atoms with Crippen LogP contribution in [-0.2, 0) is 17.9 Å². The van der Waals surface area contributed by atoms with Crippen LogP contribution in [0.5, 0.6) is 0 Å². The van der Waals surface area contributed by atoms with Crippen LogP contribution in [0.4, 0.5) is 0 Å². The first kappa shape index (κ1) is 20.6. The van der Waals surface area contributed by atoms with E-state index in [2.05, 4.69) is 51.5 Å². The maximum Gasteiger partial charge on any atom is 0.241 e. The van der Waals surface area contributed by atoms with Crippen molar-refractivity contribution in [1.82, 2.24) is 20.4 Å². The average molecular weight is 425 g/mol. The molecule has 0 bridgehead atoms. The van der Waals surface area contributed by atoms with E-state index in [4.69, 9.17) is 16.1 Å². The molecule has 3 aromatic rings. The van der Waals surface area contributed by atoms with Gasteiger partial charge in [-0.3, -0.25) is 9.69 Å². The Kier molecular flexibility index (Phi) is 6.45. The summed E-state index contributed by atoms with van der Waals surface area (Å²) in [5, 5.41) is 7.77. The van der Waals surface area contributed by atoms with Crippen LogP contribution >= 0.6 is 11.6 Å². The third-order valence-electron chi connectivity index (χ3n) is 5.37. The van der Waals surface area contributed by atoms with Gasteiger partial charge in [0.1, 0.15) is 0 Å². The monoisotopic (exact) mass is 424 g/mol. The molecule has 4 rings (SSSR count). The quantitative estimate of drug-likeness (QED) is 0.641. The number of nitrogens with one attached hydrogen (secondary N) is 1. The van der Waals surface area contributed by atoms with Crippen LogP contribution in [0.2, 0.25) is 5.02 Å². The number of carbonyl (C=O) groups excluding carboxylic acids is 1. The van der Waals surface area contributed by atoms with Gasteiger partial charge in [0.05, 0.1) is 12.5 Å². The molecule has 1 aliphatic heterocycles. The van der Waals surface area contributed by atoms with Crippen LogP contribution in [-0.4, -0.2) is 34.0 Å². The van der Waals surface area contributed by atoms with Crippen molar-refractivity contribution in [3.63, 3.8) is 0 Å². The zero-order valence-electron chi connectivity index (χ0n) is 17.0. The fourth-order valence-corrected chi connectivity index (χ4v) is 3.90. The van der Waals surface area contributed by atoms with Gasteiger partial charge >= 0.3 is 0 Å². The molecule has 0 spiro atoms. The minimum Gasteiger partial charge on any atom is -0.352 e. The van der Waals surface area contributed by atoms with Crippen molar-refractivity contribution in [3.8, 4) is 11.4 Å². The highest BCUT2D eigenvalue weighted by Crippen LogP contribution is 2.22. The van der Waals surface area contributed by atoms with Gasteiger partial charge in [-0.2, -0.15) is 4.98 Å². The predicted molar refractivity (Wildman–Crippen MR) is 116 cm³/mol. The summed E-state index contributed by atoms with van der Waals surface area (Å²) in [4.78, 5) is 19.3. The van der Waals surface area contributed by atoms with Gasteiger partial charge in [-0.15, -0.1) is 0 Å². The molecule has 156 valence electrons. The number of piperidine rings is 1. The summed E-state index contributed by atoms with van der Waals surface area (Å²) < 4.78 is 5.43. The molecule has 7 heteroatoms. The van der Waals surface area contributed by atoms with Crippen molar-refractivity contribution in [2.24, 2.45) is 5.92 Å². The Bertz CT molecular complexity index is 1000. The topological polar surface area (TPSA) is 71.3 Å². The normalized spacial score (nSPS) is 17.1. The van der Waals surface area contributed by atoms with Crippen molar-refractivity contribution >= 4 is 17.5 Å². The second kappa shape index (κ2) is 9.41. The molecule has 0 aliphatic carbocycles. The Labute approximate surface area is 181 Å².